The van der Waals surface area contributed by atoms with Crippen LogP contribution in [0.3, 0.4) is 0 Å². The number of fused-ring (bicyclic) bond motifs is 1. The lowest BCUT2D eigenvalue weighted by molar-refractivity contribution is -0.111. The number of carbonyl (C=O) groups excluding carboxylic acids is 2. The van der Waals surface area contributed by atoms with E-state index in [0.717, 1.165) is 16.0 Å². The molecule has 0 unspecified atom stereocenters. The van der Waals surface area contributed by atoms with E-state index in [2.05, 4.69) is 11.4 Å². The number of hydrogen-bond acceptors (Lipinski definition) is 6. The molecular weight excluding hydrogens is 378 g/mol. The minimum absolute atomic E-state index is 0.154. The standard InChI is InChI=1S/C20H19N3O4S/c1-2-27-20(26)23-10-9-15-16(11-21)19(28-17(15)12-23)22-18(25)8-5-13-3-6-14(24)7-4-13/h3-8,24H,2,9-10,12H2,1H3,(H,22,25). The van der Waals surface area contributed by atoms with Gasteiger partial charge in [0.25, 0.3) is 0 Å². The van der Waals surface area contributed by atoms with E-state index in [-0.39, 0.29) is 17.7 Å². The normalized spacial score (nSPS) is 13.1. The van der Waals surface area contributed by atoms with Crippen molar-refractivity contribution in [3.63, 3.8) is 0 Å². The second kappa shape index (κ2) is 8.59. The third kappa shape index (κ3) is 4.32. The summed E-state index contributed by atoms with van der Waals surface area (Å²) in [4.78, 5) is 26.7. The average Bonchev–Trinajstić information content (AvgIpc) is 3.03. The van der Waals surface area contributed by atoms with E-state index in [4.69, 9.17) is 4.74 Å². The highest BCUT2D eigenvalue weighted by Gasteiger charge is 2.27. The molecule has 0 spiro atoms. The maximum absolute atomic E-state index is 12.3. The van der Waals surface area contributed by atoms with Gasteiger partial charge >= 0.3 is 6.09 Å². The number of anilines is 1. The van der Waals surface area contributed by atoms with E-state index < -0.39 is 0 Å². The van der Waals surface area contributed by atoms with Crippen LogP contribution in [-0.4, -0.2) is 35.2 Å². The summed E-state index contributed by atoms with van der Waals surface area (Å²) in [7, 11) is 0. The van der Waals surface area contributed by atoms with Crippen molar-refractivity contribution in [2.24, 2.45) is 0 Å². The number of nitrogens with one attached hydrogen (secondary N) is 1. The van der Waals surface area contributed by atoms with Crippen LogP contribution in [-0.2, 0) is 22.5 Å². The van der Waals surface area contributed by atoms with Crippen molar-refractivity contribution in [1.82, 2.24) is 4.90 Å². The number of aromatic hydroxyl groups is 1. The molecule has 1 aromatic heterocycles. The van der Waals surface area contributed by atoms with Gasteiger partial charge in [-0.25, -0.2) is 4.79 Å². The van der Waals surface area contributed by atoms with Crippen molar-refractivity contribution >= 4 is 34.4 Å². The van der Waals surface area contributed by atoms with Crippen molar-refractivity contribution in [3.8, 4) is 11.8 Å². The van der Waals surface area contributed by atoms with E-state index >= 15 is 0 Å². The molecule has 2 amide bonds. The van der Waals surface area contributed by atoms with Crippen LogP contribution in [0, 0.1) is 11.3 Å². The van der Waals surface area contributed by atoms with E-state index in [1.54, 1.807) is 30.0 Å². The zero-order chi connectivity index (χ0) is 20.1. The molecule has 2 aromatic rings. The zero-order valence-electron chi connectivity index (χ0n) is 15.3. The number of amides is 2. The van der Waals surface area contributed by atoms with Crippen LogP contribution in [0.5, 0.6) is 5.75 Å². The Kier molecular flexibility index (Phi) is 5.96. The van der Waals surface area contributed by atoms with E-state index in [1.165, 1.54) is 29.5 Å². The van der Waals surface area contributed by atoms with Crippen LogP contribution in [0.4, 0.5) is 9.80 Å². The molecule has 0 fully saturated rings. The van der Waals surface area contributed by atoms with Gasteiger partial charge in [0.2, 0.25) is 5.91 Å². The largest absolute Gasteiger partial charge is 0.508 e. The molecule has 8 heteroatoms. The molecular formula is C20H19N3O4S. The van der Waals surface area contributed by atoms with E-state index in [0.29, 0.717) is 36.7 Å². The monoisotopic (exact) mass is 397 g/mol. The summed E-state index contributed by atoms with van der Waals surface area (Å²) in [5.74, 6) is -0.202. The van der Waals surface area contributed by atoms with Gasteiger partial charge in [0.1, 0.15) is 16.8 Å². The first-order chi connectivity index (χ1) is 13.5. The number of phenols is 1. The summed E-state index contributed by atoms with van der Waals surface area (Å²) in [5.41, 5.74) is 2.10. The summed E-state index contributed by atoms with van der Waals surface area (Å²) in [5, 5.41) is 22.1. The van der Waals surface area contributed by atoms with Crippen molar-refractivity contribution in [3.05, 3.63) is 51.9 Å². The van der Waals surface area contributed by atoms with Crippen LogP contribution >= 0.6 is 11.3 Å². The van der Waals surface area contributed by atoms with Gasteiger partial charge in [-0.3, -0.25) is 4.79 Å². The summed E-state index contributed by atoms with van der Waals surface area (Å²) >= 11 is 1.31. The SMILES string of the molecule is CCOC(=O)N1CCc2c(sc(NC(=O)C=Cc3ccc(O)cc3)c2C#N)C1. The Labute approximate surface area is 166 Å². The lowest BCUT2D eigenvalue weighted by Gasteiger charge is -2.25. The maximum Gasteiger partial charge on any atom is 0.410 e. The molecule has 2 N–H and O–H groups in total. The number of nitriles is 1. The lowest BCUT2D eigenvalue weighted by atomic mass is 10.0. The molecule has 0 atom stereocenters. The highest BCUT2D eigenvalue weighted by molar-refractivity contribution is 7.16. The summed E-state index contributed by atoms with van der Waals surface area (Å²) in [6.45, 7) is 2.91. The number of rotatable bonds is 4. The Bertz CT molecular complexity index is 957. The summed E-state index contributed by atoms with van der Waals surface area (Å²) in [6.07, 6.45) is 3.17. The fraction of sp³-hybridized carbons (Fsp3) is 0.250. The second-order valence-corrected chi connectivity index (χ2v) is 7.21. The average molecular weight is 397 g/mol. The van der Waals surface area contributed by atoms with Gasteiger partial charge in [-0.05, 0) is 42.7 Å². The predicted octanol–water partition coefficient (Wildman–Crippen LogP) is 3.49. The molecule has 0 saturated carbocycles. The Morgan fingerprint density at radius 2 is 2.14 bits per heavy atom. The van der Waals surface area contributed by atoms with Gasteiger partial charge in [0.05, 0.1) is 18.7 Å². The number of ether oxygens (including phenoxy) is 1. The third-order valence-electron chi connectivity index (χ3n) is 4.25. The Balaban J connectivity index is 1.73. The number of thiophene rings is 1. The molecule has 0 bridgehead atoms. The number of hydrogen-bond donors (Lipinski definition) is 2. The van der Waals surface area contributed by atoms with Gasteiger partial charge in [-0.2, -0.15) is 5.26 Å². The molecule has 1 aliphatic heterocycles. The van der Waals surface area contributed by atoms with Gasteiger partial charge in [-0.1, -0.05) is 12.1 Å². The van der Waals surface area contributed by atoms with Crippen molar-refractivity contribution < 1.29 is 19.4 Å². The van der Waals surface area contributed by atoms with Crippen LogP contribution in [0.1, 0.15) is 28.5 Å². The molecule has 1 aromatic carbocycles. The molecule has 2 heterocycles. The Hall–Kier alpha value is -3.31. The van der Waals surface area contributed by atoms with E-state index in [1.807, 2.05) is 0 Å². The van der Waals surface area contributed by atoms with Crippen molar-refractivity contribution in [2.45, 2.75) is 19.9 Å². The molecule has 0 radical (unpaired) electrons. The fourth-order valence-corrected chi connectivity index (χ4v) is 4.11. The minimum Gasteiger partial charge on any atom is -0.508 e. The molecule has 0 aliphatic carbocycles. The Morgan fingerprint density at radius 1 is 1.39 bits per heavy atom. The molecule has 28 heavy (non-hydrogen) atoms. The topological polar surface area (TPSA) is 103 Å². The lowest BCUT2D eigenvalue weighted by Crippen LogP contribution is -2.35. The third-order valence-corrected chi connectivity index (χ3v) is 5.38. The van der Waals surface area contributed by atoms with Gasteiger partial charge in [-0.15, -0.1) is 11.3 Å². The number of carbonyl (C=O) groups is 2. The number of nitrogens with zero attached hydrogens (tertiary/aromatic N) is 2. The first-order valence-electron chi connectivity index (χ1n) is 8.76. The zero-order valence-corrected chi connectivity index (χ0v) is 16.1. The molecule has 0 saturated heterocycles. The molecule has 1 aliphatic rings. The highest BCUT2D eigenvalue weighted by Crippen LogP contribution is 2.36. The fourth-order valence-electron chi connectivity index (χ4n) is 2.89. The van der Waals surface area contributed by atoms with Crippen LogP contribution in [0.2, 0.25) is 0 Å². The molecule has 7 nitrogen and oxygen atoms in total. The number of phenolic OH excluding ortho intramolecular Hbond substituents is 1. The quantitative estimate of drug-likeness (QED) is 0.769. The van der Waals surface area contributed by atoms with Crippen LogP contribution < -0.4 is 5.32 Å². The highest BCUT2D eigenvalue weighted by atomic mass is 32.1. The Morgan fingerprint density at radius 3 is 2.82 bits per heavy atom. The van der Waals surface area contributed by atoms with Gasteiger partial charge < -0.3 is 20.1 Å². The minimum atomic E-state index is -0.373. The van der Waals surface area contributed by atoms with Crippen molar-refractivity contribution in [2.75, 3.05) is 18.5 Å². The van der Waals surface area contributed by atoms with E-state index in [9.17, 15) is 20.0 Å². The first kappa shape index (κ1) is 19.5. The summed E-state index contributed by atoms with van der Waals surface area (Å²) < 4.78 is 5.04. The smallest absolute Gasteiger partial charge is 0.410 e. The van der Waals surface area contributed by atoms with Crippen LogP contribution in [0.25, 0.3) is 6.08 Å². The number of benzene rings is 1. The van der Waals surface area contributed by atoms with Gasteiger partial charge in [0.15, 0.2) is 0 Å². The predicted molar refractivity (Wildman–Crippen MR) is 106 cm³/mol. The molecule has 3 rings (SSSR count). The first-order valence-corrected chi connectivity index (χ1v) is 9.58. The summed E-state index contributed by atoms with van der Waals surface area (Å²) in [6, 6.07) is 8.62. The van der Waals surface area contributed by atoms with Gasteiger partial charge in [0, 0.05) is 17.5 Å². The second-order valence-electron chi connectivity index (χ2n) is 6.10. The van der Waals surface area contributed by atoms with Crippen molar-refractivity contribution in [1.29, 1.82) is 5.26 Å². The van der Waals surface area contributed by atoms with Crippen LogP contribution in [0.15, 0.2) is 30.3 Å². The molecule has 144 valence electrons. The maximum atomic E-state index is 12.3.